The van der Waals surface area contributed by atoms with Crippen molar-refractivity contribution in [1.82, 2.24) is 0 Å². The Morgan fingerprint density at radius 1 is 0.773 bits per heavy atom. The molecule has 0 aliphatic carbocycles. The van der Waals surface area contributed by atoms with Crippen LogP contribution >= 0.6 is 0 Å². The second-order valence-electron chi connectivity index (χ2n) is 6.61. The molecule has 0 heterocycles. The van der Waals surface area contributed by atoms with Crippen LogP contribution in [0.4, 0.5) is 0 Å². The van der Waals surface area contributed by atoms with E-state index in [2.05, 4.69) is 52.3 Å². The van der Waals surface area contributed by atoms with E-state index in [0.29, 0.717) is 11.8 Å². The zero-order valence-electron chi connectivity index (χ0n) is 15.4. The number of hydrogen-bond donors (Lipinski definition) is 0. The molecule has 2 nitrogen and oxygen atoms in total. The summed E-state index contributed by atoms with van der Waals surface area (Å²) in [4.78, 5) is 0. The second-order valence-corrected chi connectivity index (χ2v) is 6.61. The fourth-order valence-corrected chi connectivity index (χ4v) is 2.61. The molecule has 2 heteroatoms. The van der Waals surface area contributed by atoms with Gasteiger partial charge in [-0.15, -0.1) is 11.5 Å². The quantitative estimate of drug-likeness (QED) is 0.481. The molecule has 2 unspecified atom stereocenters. The Balaban J connectivity index is 4.84. The molecule has 0 bridgehead atoms. The topological polar surface area (TPSA) is 18.5 Å². The SMILES string of the molecule is C=C=C(CCC(=C=C)C(CC(C)C)OC)C(CC(C)C)OC. The molecule has 0 fully saturated rings. The summed E-state index contributed by atoms with van der Waals surface area (Å²) in [5.41, 5.74) is 8.41. The van der Waals surface area contributed by atoms with Crippen LogP contribution in [0.1, 0.15) is 53.4 Å². The predicted octanol–water partition coefficient (Wildman–Crippen LogP) is 5.31. The molecule has 0 amide bonds. The zero-order chi connectivity index (χ0) is 17.1. The van der Waals surface area contributed by atoms with Crippen LogP contribution in [0.5, 0.6) is 0 Å². The van der Waals surface area contributed by atoms with Crippen LogP contribution in [0.25, 0.3) is 0 Å². The Morgan fingerprint density at radius 2 is 1.09 bits per heavy atom. The maximum atomic E-state index is 5.62. The summed E-state index contributed by atoms with van der Waals surface area (Å²) in [5, 5.41) is 0. The predicted molar refractivity (Wildman–Crippen MR) is 95.0 cm³/mol. The van der Waals surface area contributed by atoms with Crippen LogP contribution in [-0.4, -0.2) is 26.4 Å². The van der Waals surface area contributed by atoms with Gasteiger partial charge in [-0.2, -0.15) is 0 Å². The average molecular weight is 306 g/mol. The largest absolute Gasteiger partial charge is 0.376 e. The molecule has 0 aliphatic rings. The Labute approximate surface area is 137 Å². The molecule has 0 aromatic carbocycles. The number of ether oxygens (including phenoxy) is 2. The average Bonchev–Trinajstić information content (AvgIpc) is 2.47. The molecule has 0 radical (unpaired) electrons. The number of rotatable bonds is 11. The van der Waals surface area contributed by atoms with E-state index in [0.717, 1.165) is 36.8 Å². The van der Waals surface area contributed by atoms with Crippen molar-refractivity contribution in [2.45, 2.75) is 65.6 Å². The lowest BCUT2D eigenvalue weighted by molar-refractivity contribution is 0.104. The zero-order valence-corrected chi connectivity index (χ0v) is 15.4. The van der Waals surface area contributed by atoms with Gasteiger partial charge in [-0.25, -0.2) is 0 Å². The highest BCUT2D eigenvalue weighted by atomic mass is 16.5. The maximum absolute atomic E-state index is 5.62. The first-order valence-electron chi connectivity index (χ1n) is 8.22. The summed E-state index contributed by atoms with van der Waals surface area (Å²) in [7, 11) is 3.51. The summed E-state index contributed by atoms with van der Waals surface area (Å²) in [6, 6.07) is 0. The minimum atomic E-state index is 0.0923. The normalized spacial score (nSPS) is 13.6. The van der Waals surface area contributed by atoms with E-state index in [1.807, 2.05) is 0 Å². The fourth-order valence-electron chi connectivity index (χ4n) is 2.61. The molecular formula is C20H34O2. The minimum absolute atomic E-state index is 0.0923. The molecule has 0 aliphatic heterocycles. The van der Waals surface area contributed by atoms with E-state index in [-0.39, 0.29) is 12.2 Å². The van der Waals surface area contributed by atoms with Crippen LogP contribution in [-0.2, 0) is 9.47 Å². The van der Waals surface area contributed by atoms with Gasteiger partial charge in [0, 0.05) is 25.4 Å². The van der Waals surface area contributed by atoms with Crippen molar-refractivity contribution < 1.29 is 9.47 Å². The molecule has 0 saturated carbocycles. The minimum Gasteiger partial charge on any atom is -0.376 e. The monoisotopic (exact) mass is 306 g/mol. The van der Waals surface area contributed by atoms with Gasteiger partial charge in [-0.3, -0.25) is 0 Å². The lowest BCUT2D eigenvalue weighted by Gasteiger charge is -2.22. The molecular weight excluding hydrogens is 272 g/mol. The third kappa shape index (κ3) is 7.82. The second kappa shape index (κ2) is 11.5. The van der Waals surface area contributed by atoms with Gasteiger partial charge < -0.3 is 9.47 Å². The summed E-state index contributed by atoms with van der Waals surface area (Å²) in [6.07, 6.45) is 3.89. The highest BCUT2D eigenvalue weighted by Crippen LogP contribution is 2.24. The van der Waals surface area contributed by atoms with Crippen molar-refractivity contribution in [2.75, 3.05) is 14.2 Å². The first kappa shape index (κ1) is 21.0. The summed E-state index contributed by atoms with van der Waals surface area (Å²) in [6.45, 7) is 16.5. The van der Waals surface area contributed by atoms with Crippen molar-refractivity contribution in [3.05, 3.63) is 35.8 Å². The third-order valence-corrected chi connectivity index (χ3v) is 3.84. The molecule has 0 saturated heterocycles. The summed E-state index contributed by atoms with van der Waals surface area (Å²) in [5.74, 6) is 1.16. The molecule has 0 spiro atoms. The van der Waals surface area contributed by atoms with Gasteiger partial charge in [-0.05, 0) is 37.5 Å². The van der Waals surface area contributed by atoms with Gasteiger partial charge in [0.15, 0.2) is 0 Å². The lowest BCUT2D eigenvalue weighted by Crippen LogP contribution is -2.19. The Kier molecular flexibility index (Phi) is 11.0. The van der Waals surface area contributed by atoms with E-state index < -0.39 is 0 Å². The molecule has 0 aromatic heterocycles. The molecule has 0 N–H and O–H groups in total. The van der Waals surface area contributed by atoms with Crippen molar-refractivity contribution in [2.24, 2.45) is 11.8 Å². The fraction of sp³-hybridized carbons (Fsp3) is 0.700. The van der Waals surface area contributed by atoms with Gasteiger partial charge >= 0.3 is 0 Å². The molecule has 0 aromatic rings. The first-order chi connectivity index (χ1) is 10.4. The van der Waals surface area contributed by atoms with Crippen molar-refractivity contribution in [3.63, 3.8) is 0 Å². The van der Waals surface area contributed by atoms with E-state index >= 15 is 0 Å². The third-order valence-electron chi connectivity index (χ3n) is 3.84. The first-order valence-corrected chi connectivity index (χ1v) is 8.22. The molecule has 0 rings (SSSR count). The van der Waals surface area contributed by atoms with Crippen molar-refractivity contribution in [3.8, 4) is 0 Å². The van der Waals surface area contributed by atoms with Crippen LogP contribution in [0, 0.1) is 11.8 Å². The smallest absolute Gasteiger partial charge is 0.0857 e. The van der Waals surface area contributed by atoms with E-state index in [1.54, 1.807) is 14.2 Å². The van der Waals surface area contributed by atoms with Gasteiger partial charge in [-0.1, -0.05) is 40.9 Å². The molecule has 22 heavy (non-hydrogen) atoms. The standard InChI is InChI=1S/C20H34O2/c1-9-17(19(21-7)13-15(3)4)11-12-18(10-2)20(22-8)14-16(5)6/h15-16,19-20H,1-2,11-14H2,3-8H3. The highest BCUT2D eigenvalue weighted by molar-refractivity contribution is 5.13. The van der Waals surface area contributed by atoms with Gasteiger partial charge in [0.2, 0.25) is 0 Å². The van der Waals surface area contributed by atoms with Crippen molar-refractivity contribution in [1.29, 1.82) is 0 Å². The van der Waals surface area contributed by atoms with Crippen LogP contribution in [0.15, 0.2) is 35.8 Å². The van der Waals surface area contributed by atoms with Crippen LogP contribution < -0.4 is 0 Å². The maximum Gasteiger partial charge on any atom is 0.0857 e. The van der Waals surface area contributed by atoms with Crippen LogP contribution in [0.2, 0.25) is 0 Å². The number of hydrogen-bond acceptors (Lipinski definition) is 2. The Morgan fingerprint density at radius 3 is 1.27 bits per heavy atom. The molecule has 2 atom stereocenters. The highest BCUT2D eigenvalue weighted by Gasteiger charge is 2.19. The van der Waals surface area contributed by atoms with Crippen molar-refractivity contribution >= 4 is 0 Å². The van der Waals surface area contributed by atoms with Crippen LogP contribution in [0.3, 0.4) is 0 Å². The summed E-state index contributed by atoms with van der Waals surface area (Å²) < 4.78 is 11.2. The van der Waals surface area contributed by atoms with E-state index in [1.165, 1.54) is 0 Å². The number of methoxy groups -OCH3 is 2. The van der Waals surface area contributed by atoms with E-state index in [4.69, 9.17) is 9.47 Å². The summed E-state index contributed by atoms with van der Waals surface area (Å²) >= 11 is 0. The Bertz CT molecular complexity index is 367. The Hall–Kier alpha value is -1.04. The lowest BCUT2D eigenvalue weighted by atomic mass is 9.92. The van der Waals surface area contributed by atoms with Gasteiger partial charge in [0.1, 0.15) is 0 Å². The molecule has 126 valence electrons. The van der Waals surface area contributed by atoms with Gasteiger partial charge in [0.25, 0.3) is 0 Å². The van der Waals surface area contributed by atoms with E-state index in [9.17, 15) is 0 Å². The van der Waals surface area contributed by atoms with Gasteiger partial charge in [0.05, 0.1) is 12.2 Å².